The Labute approximate surface area is 118 Å². The van der Waals surface area contributed by atoms with Gasteiger partial charge in [0.1, 0.15) is 5.69 Å². The molecule has 1 aromatic heterocycles. The van der Waals surface area contributed by atoms with E-state index >= 15 is 0 Å². The maximum Gasteiger partial charge on any atom is 0.153 e. The molecule has 0 bridgehead atoms. The first-order valence-electron chi connectivity index (χ1n) is 6.97. The monoisotopic (exact) mass is 270 g/mol. The van der Waals surface area contributed by atoms with Gasteiger partial charge in [-0.15, -0.1) is 0 Å². The van der Waals surface area contributed by atoms with E-state index in [9.17, 15) is 4.79 Å². The lowest BCUT2D eigenvalue weighted by molar-refractivity contribution is 0.112. The van der Waals surface area contributed by atoms with Gasteiger partial charge in [0.2, 0.25) is 0 Å². The number of rotatable bonds is 4. The fourth-order valence-corrected chi connectivity index (χ4v) is 2.45. The van der Waals surface area contributed by atoms with Crippen LogP contribution >= 0.6 is 0 Å². The standard InChI is InChI=1S/C16H18N2O2/c1-3-11(2)18-7-15(8-19)16(17-18)12-4-5-13-9-20-10-14(13)6-12/h4-8,11H,3,9-10H2,1-2H3. The molecule has 1 atom stereocenters. The van der Waals surface area contributed by atoms with Gasteiger partial charge in [0, 0.05) is 17.8 Å². The molecular formula is C16H18N2O2. The molecule has 0 radical (unpaired) electrons. The number of ether oxygens (including phenoxy) is 1. The minimum absolute atomic E-state index is 0.292. The van der Waals surface area contributed by atoms with E-state index in [1.807, 2.05) is 16.9 Å². The highest BCUT2D eigenvalue weighted by atomic mass is 16.5. The number of benzene rings is 1. The molecule has 104 valence electrons. The van der Waals surface area contributed by atoms with Crippen LogP contribution in [0.15, 0.2) is 24.4 Å². The van der Waals surface area contributed by atoms with Gasteiger partial charge in [-0.05, 0) is 30.5 Å². The Morgan fingerprint density at radius 1 is 1.40 bits per heavy atom. The van der Waals surface area contributed by atoms with Crippen molar-refractivity contribution in [2.75, 3.05) is 0 Å². The lowest BCUT2D eigenvalue weighted by atomic mass is 10.0. The minimum Gasteiger partial charge on any atom is -0.372 e. The fourth-order valence-electron chi connectivity index (χ4n) is 2.45. The summed E-state index contributed by atoms with van der Waals surface area (Å²) in [6.07, 6.45) is 3.70. The Morgan fingerprint density at radius 2 is 2.20 bits per heavy atom. The number of hydrogen-bond acceptors (Lipinski definition) is 3. The molecule has 0 aliphatic carbocycles. The van der Waals surface area contributed by atoms with Crippen LogP contribution in [0.3, 0.4) is 0 Å². The molecule has 4 heteroatoms. The van der Waals surface area contributed by atoms with Gasteiger partial charge in [0.15, 0.2) is 6.29 Å². The van der Waals surface area contributed by atoms with Crippen molar-refractivity contribution in [1.82, 2.24) is 9.78 Å². The van der Waals surface area contributed by atoms with Gasteiger partial charge in [-0.2, -0.15) is 5.10 Å². The molecule has 0 amide bonds. The summed E-state index contributed by atoms with van der Waals surface area (Å²) >= 11 is 0. The largest absolute Gasteiger partial charge is 0.372 e. The van der Waals surface area contributed by atoms with Crippen molar-refractivity contribution >= 4 is 6.29 Å². The summed E-state index contributed by atoms with van der Waals surface area (Å²) in [5.41, 5.74) is 4.80. The first kappa shape index (κ1) is 13.1. The number of nitrogens with zero attached hydrogens (tertiary/aromatic N) is 2. The minimum atomic E-state index is 0.292. The highest BCUT2D eigenvalue weighted by molar-refractivity contribution is 5.85. The average molecular weight is 270 g/mol. The molecule has 0 saturated carbocycles. The Kier molecular flexibility index (Phi) is 3.40. The summed E-state index contributed by atoms with van der Waals surface area (Å²) in [7, 11) is 0. The number of carbonyl (C=O) groups excluding carboxylic acids is 1. The van der Waals surface area contributed by atoms with Crippen LogP contribution in [0.5, 0.6) is 0 Å². The topological polar surface area (TPSA) is 44.1 Å². The van der Waals surface area contributed by atoms with Crippen LogP contribution in [-0.2, 0) is 18.0 Å². The zero-order valence-electron chi connectivity index (χ0n) is 11.8. The van der Waals surface area contributed by atoms with Gasteiger partial charge in [0.05, 0.1) is 18.8 Å². The molecular weight excluding hydrogens is 252 g/mol. The summed E-state index contributed by atoms with van der Waals surface area (Å²) in [5, 5.41) is 4.59. The SMILES string of the molecule is CCC(C)n1cc(C=O)c(-c2ccc3c(c2)COC3)n1. The Hall–Kier alpha value is -1.94. The van der Waals surface area contributed by atoms with Crippen LogP contribution in [0, 0.1) is 0 Å². The van der Waals surface area contributed by atoms with E-state index in [2.05, 4.69) is 31.1 Å². The van der Waals surface area contributed by atoms with Gasteiger partial charge in [-0.1, -0.05) is 19.1 Å². The molecule has 3 rings (SSSR count). The van der Waals surface area contributed by atoms with Crippen molar-refractivity contribution in [3.05, 3.63) is 41.1 Å². The molecule has 1 unspecified atom stereocenters. The number of hydrogen-bond donors (Lipinski definition) is 0. The quantitative estimate of drug-likeness (QED) is 0.800. The molecule has 4 nitrogen and oxygen atoms in total. The third-order valence-electron chi connectivity index (χ3n) is 3.92. The summed E-state index contributed by atoms with van der Waals surface area (Å²) < 4.78 is 7.31. The predicted octanol–water partition coefficient (Wildman–Crippen LogP) is 3.36. The molecule has 2 aromatic rings. The van der Waals surface area contributed by atoms with Gasteiger partial charge < -0.3 is 4.74 Å². The van der Waals surface area contributed by atoms with Crippen molar-refractivity contribution in [3.8, 4) is 11.3 Å². The molecule has 20 heavy (non-hydrogen) atoms. The predicted molar refractivity (Wildman–Crippen MR) is 76.5 cm³/mol. The van der Waals surface area contributed by atoms with Crippen LogP contribution < -0.4 is 0 Å². The van der Waals surface area contributed by atoms with Gasteiger partial charge in [-0.25, -0.2) is 0 Å². The zero-order chi connectivity index (χ0) is 14.1. The highest BCUT2D eigenvalue weighted by Crippen LogP contribution is 2.28. The molecule has 0 N–H and O–H groups in total. The Bertz CT molecular complexity index is 646. The number of aromatic nitrogens is 2. The number of carbonyl (C=O) groups is 1. The van der Waals surface area contributed by atoms with E-state index in [1.165, 1.54) is 11.1 Å². The summed E-state index contributed by atoms with van der Waals surface area (Å²) in [6, 6.07) is 6.46. The maximum atomic E-state index is 11.3. The second-order valence-corrected chi connectivity index (χ2v) is 5.26. The zero-order valence-corrected chi connectivity index (χ0v) is 11.8. The summed E-state index contributed by atoms with van der Waals surface area (Å²) in [6.45, 7) is 5.53. The molecule has 1 aromatic carbocycles. The molecule has 0 saturated heterocycles. The third kappa shape index (κ3) is 2.16. The molecule has 0 fully saturated rings. The molecule has 1 aliphatic heterocycles. The van der Waals surface area contributed by atoms with Gasteiger partial charge in [-0.3, -0.25) is 9.48 Å². The average Bonchev–Trinajstić information content (AvgIpc) is 3.11. The van der Waals surface area contributed by atoms with Crippen molar-refractivity contribution in [2.24, 2.45) is 0 Å². The van der Waals surface area contributed by atoms with E-state index in [0.717, 1.165) is 24.0 Å². The van der Waals surface area contributed by atoms with Crippen LogP contribution in [0.2, 0.25) is 0 Å². The first-order chi connectivity index (χ1) is 9.72. The van der Waals surface area contributed by atoms with Gasteiger partial charge >= 0.3 is 0 Å². The first-order valence-corrected chi connectivity index (χ1v) is 6.97. The third-order valence-corrected chi connectivity index (χ3v) is 3.92. The number of aldehydes is 1. The summed E-state index contributed by atoms with van der Waals surface area (Å²) in [5.74, 6) is 0. The van der Waals surface area contributed by atoms with Crippen LogP contribution in [0.1, 0.15) is 47.8 Å². The van der Waals surface area contributed by atoms with E-state index in [-0.39, 0.29) is 0 Å². The van der Waals surface area contributed by atoms with Crippen molar-refractivity contribution in [2.45, 2.75) is 39.5 Å². The van der Waals surface area contributed by atoms with Crippen molar-refractivity contribution in [3.63, 3.8) is 0 Å². The van der Waals surface area contributed by atoms with E-state index in [1.54, 1.807) is 0 Å². The lowest BCUT2D eigenvalue weighted by Gasteiger charge is -2.08. The van der Waals surface area contributed by atoms with E-state index in [4.69, 9.17) is 4.74 Å². The molecule has 2 heterocycles. The van der Waals surface area contributed by atoms with Crippen LogP contribution in [0.25, 0.3) is 11.3 Å². The van der Waals surface area contributed by atoms with Crippen LogP contribution in [-0.4, -0.2) is 16.1 Å². The number of fused-ring (bicyclic) bond motifs is 1. The summed E-state index contributed by atoms with van der Waals surface area (Å²) in [4.78, 5) is 11.3. The Balaban J connectivity index is 2.04. The molecule has 1 aliphatic rings. The van der Waals surface area contributed by atoms with Crippen LogP contribution in [0.4, 0.5) is 0 Å². The lowest BCUT2D eigenvalue weighted by Crippen LogP contribution is -2.04. The van der Waals surface area contributed by atoms with E-state index < -0.39 is 0 Å². The van der Waals surface area contributed by atoms with Crippen molar-refractivity contribution in [1.29, 1.82) is 0 Å². The van der Waals surface area contributed by atoms with Crippen molar-refractivity contribution < 1.29 is 9.53 Å². The Morgan fingerprint density at radius 3 is 2.95 bits per heavy atom. The van der Waals surface area contributed by atoms with E-state index in [0.29, 0.717) is 24.8 Å². The highest BCUT2D eigenvalue weighted by Gasteiger charge is 2.16. The maximum absolute atomic E-state index is 11.3. The molecule has 0 spiro atoms. The fraction of sp³-hybridized carbons (Fsp3) is 0.375. The van der Waals surface area contributed by atoms with Gasteiger partial charge in [0.25, 0.3) is 0 Å². The smallest absolute Gasteiger partial charge is 0.153 e. The second-order valence-electron chi connectivity index (χ2n) is 5.26. The normalized spacial score (nSPS) is 15.1. The second kappa shape index (κ2) is 5.21.